The van der Waals surface area contributed by atoms with E-state index >= 15 is 0 Å². The Hall–Kier alpha value is -2.01. The number of nitrogens with zero attached hydrogens (tertiary/aromatic N) is 1. The molecule has 4 atom stereocenters. The number of hydrogen-bond acceptors (Lipinski definition) is 8. The molecule has 2 aliphatic heterocycles. The van der Waals surface area contributed by atoms with Gasteiger partial charge in [-0.1, -0.05) is 34.1 Å². The number of aliphatic hydroxyl groups excluding tert-OH is 1. The summed E-state index contributed by atoms with van der Waals surface area (Å²) in [5.41, 5.74) is -0.240. The maximum atomic E-state index is 12.7. The molecule has 0 saturated carbocycles. The zero-order valence-corrected chi connectivity index (χ0v) is 18.0. The van der Waals surface area contributed by atoms with Crippen molar-refractivity contribution in [2.75, 3.05) is 6.61 Å². The molecular formula is C18H18BrN2O8P. The number of benzene rings is 1. The van der Waals surface area contributed by atoms with Crippen molar-refractivity contribution in [2.45, 2.75) is 31.5 Å². The predicted molar refractivity (Wildman–Crippen MR) is 109 cm³/mol. The van der Waals surface area contributed by atoms with Gasteiger partial charge in [0.05, 0.1) is 24.9 Å². The minimum Gasteiger partial charge on any atom is -0.404 e. The van der Waals surface area contributed by atoms with Crippen LogP contribution in [0.1, 0.15) is 23.8 Å². The zero-order chi connectivity index (χ0) is 21.3. The Morgan fingerprint density at radius 1 is 1.37 bits per heavy atom. The fraction of sp³-hybridized carbons (Fsp3) is 0.333. The van der Waals surface area contributed by atoms with Crippen molar-refractivity contribution in [1.29, 1.82) is 0 Å². The van der Waals surface area contributed by atoms with Crippen molar-refractivity contribution in [2.24, 2.45) is 0 Å². The quantitative estimate of drug-likeness (QED) is 0.598. The predicted octanol–water partition coefficient (Wildman–Crippen LogP) is 2.28. The van der Waals surface area contributed by atoms with Crippen molar-refractivity contribution in [3.8, 4) is 5.75 Å². The van der Waals surface area contributed by atoms with Crippen LogP contribution in [0.2, 0.25) is 0 Å². The lowest BCUT2D eigenvalue weighted by atomic mass is 10.2. The van der Waals surface area contributed by atoms with E-state index in [-0.39, 0.29) is 25.2 Å². The Balaban J connectivity index is 1.44. The third-order valence-electron chi connectivity index (χ3n) is 4.71. The van der Waals surface area contributed by atoms with E-state index in [1.807, 2.05) is 6.07 Å². The molecule has 0 aliphatic carbocycles. The number of halogens is 1. The molecule has 1 fully saturated rings. The maximum absolute atomic E-state index is 12.7. The summed E-state index contributed by atoms with van der Waals surface area (Å²) in [6.07, 6.45) is 0.183. The van der Waals surface area contributed by atoms with Crippen LogP contribution >= 0.6 is 23.8 Å². The van der Waals surface area contributed by atoms with Gasteiger partial charge < -0.3 is 14.4 Å². The second-order valence-electron chi connectivity index (χ2n) is 6.69. The van der Waals surface area contributed by atoms with E-state index in [2.05, 4.69) is 20.9 Å². The number of phosphoric ester groups is 1. The highest BCUT2D eigenvalue weighted by molar-refractivity contribution is 9.11. The Morgan fingerprint density at radius 2 is 2.17 bits per heavy atom. The molecule has 3 heterocycles. The number of fused-ring (bicyclic) bond motifs is 1. The molecule has 160 valence electrons. The molecule has 1 aromatic carbocycles. The van der Waals surface area contributed by atoms with Crippen LogP contribution in [0.3, 0.4) is 0 Å². The van der Waals surface area contributed by atoms with Gasteiger partial charge in [-0.3, -0.25) is 23.4 Å². The lowest BCUT2D eigenvalue weighted by Gasteiger charge is -2.26. The number of aromatic amines is 1. The van der Waals surface area contributed by atoms with Crippen LogP contribution in [0.15, 0.2) is 45.0 Å². The molecule has 1 saturated heterocycles. The molecule has 12 heteroatoms. The summed E-state index contributed by atoms with van der Waals surface area (Å²) < 4.78 is 35.6. The van der Waals surface area contributed by atoms with Gasteiger partial charge in [0.15, 0.2) is 0 Å². The smallest absolute Gasteiger partial charge is 0.404 e. The van der Waals surface area contributed by atoms with Gasteiger partial charge in [0.25, 0.3) is 5.56 Å². The molecule has 10 nitrogen and oxygen atoms in total. The summed E-state index contributed by atoms with van der Waals surface area (Å²) in [5, 5.41) is 10.3. The van der Waals surface area contributed by atoms with E-state index in [0.29, 0.717) is 5.75 Å². The second-order valence-corrected chi connectivity index (χ2v) is 8.81. The molecule has 1 unspecified atom stereocenters. The third-order valence-corrected chi connectivity index (χ3v) is 6.31. The van der Waals surface area contributed by atoms with Gasteiger partial charge in [-0.25, -0.2) is 9.36 Å². The van der Waals surface area contributed by atoms with Crippen LogP contribution in [0, 0.1) is 0 Å². The van der Waals surface area contributed by atoms with Gasteiger partial charge in [0.2, 0.25) is 0 Å². The number of hydrogen-bond donors (Lipinski definition) is 2. The number of phosphoric acid groups is 1. The Bertz CT molecular complexity index is 1130. The van der Waals surface area contributed by atoms with Crippen LogP contribution in [0.4, 0.5) is 0 Å². The first-order valence-electron chi connectivity index (χ1n) is 9.01. The van der Waals surface area contributed by atoms with Gasteiger partial charge in [-0.15, -0.1) is 0 Å². The largest absolute Gasteiger partial charge is 0.530 e. The van der Waals surface area contributed by atoms with E-state index in [1.54, 1.807) is 18.2 Å². The van der Waals surface area contributed by atoms with E-state index < -0.39 is 37.5 Å². The fourth-order valence-corrected chi connectivity index (χ4v) is 4.68. The topological polar surface area (TPSA) is 129 Å². The molecule has 2 aliphatic rings. The first-order chi connectivity index (χ1) is 14.4. The standard InChI is InChI=1S/C18H18BrN2O8P/c19-6-5-11-8-21(18(24)20-17(11)23)16-7-13(22)15(28-16)10-27-30(25)26-9-12-3-1-2-4-14(12)29-30/h1-6,8,13,15-16,22H,7,9-10H2,(H,20,23,24)/b6-5+/t13-,15+,16+,30?/m0/s1. The number of H-pyrrole nitrogens is 1. The van der Waals surface area contributed by atoms with Crippen LogP contribution in [-0.2, 0) is 25.0 Å². The van der Waals surface area contributed by atoms with Crippen LogP contribution < -0.4 is 15.8 Å². The van der Waals surface area contributed by atoms with Crippen molar-refractivity contribution in [3.63, 3.8) is 0 Å². The molecule has 0 spiro atoms. The van der Waals surface area contributed by atoms with E-state index in [4.69, 9.17) is 18.3 Å². The van der Waals surface area contributed by atoms with Crippen molar-refractivity contribution in [1.82, 2.24) is 9.55 Å². The minimum atomic E-state index is -3.87. The Kier molecular flexibility index (Phi) is 6.10. The van der Waals surface area contributed by atoms with Crippen LogP contribution in [0.5, 0.6) is 5.75 Å². The highest BCUT2D eigenvalue weighted by Crippen LogP contribution is 2.54. The zero-order valence-electron chi connectivity index (χ0n) is 15.5. The molecule has 0 amide bonds. The van der Waals surface area contributed by atoms with E-state index in [0.717, 1.165) is 5.56 Å². The number of aromatic nitrogens is 2. The summed E-state index contributed by atoms with van der Waals surface area (Å²) >= 11 is 3.08. The molecular weight excluding hydrogens is 483 g/mol. The summed E-state index contributed by atoms with van der Waals surface area (Å²) in [7, 11) is -3.87. The van der Waals surface area contributed by atoms with Crippen LogP contribution in [0.25, 0.3) is 6.08 Å². The molecule has 0 radical (unpaired) electrons. The molecule has 0 bridgehead atoms. The molecule has 2 N–H and O–H groups in total. The molecule has 30 heavy (non-hydrogen) atoms. The molecule has 2 aromatic rings. The average molecular weight is 501 g/mol. The van der Waals surface area contributed by atoms with Crippen molar-refractivity contribution < 1.29 is 28.0 Å². The lowest BCUT2D eigenvalue weighted by Crippen LogP contribution is -2.33. The maximum Gasteiger partial charge on any atom is 0.530 e. The lowest BCUT2D eigenvalue weighted by molar-refractivity contribution is -0.0468. The van der Waals surface area contributed by atoms with Gasteiger partial charge in [0.1, 0.15) is 18.1 Å². The van der Waals surface area contributed by atoms with Crippen molar-refractivity contribution >= 4 is 29.8 Å². The van der Waals surface area contributed by atoms with Crippen molar-refractivity contribution in [3.05, 3.63) is 67.4 Å². The third kappa shape index (κ3) is 4.36. The second kappa shape index (κ2) is 8.62. The average Bonchev–Trinajstić information content (AvgIpc) is 3.09. The van der Waals surface area contributed by atoms with Gasteiger partial charge >= 0.3 is 13.5 Å². The number of ether oxygens (including phenoxy) is 1. The summed E-state index contributed by atoms with van der Waals surface area (Å²) in [4.78, 5) is 27.7. The van der Waals surface area contributed by atoms with Gasteiger partial charge in [-0.05, 0) is 17.1 Å². The van der Waals surface area contributed by atoms with E-state index in [9.17, 15) is 19.3 Å². The minimum absolute atomic E-state index is 0.0702. The summed E-state index contributed by atoms with van der Waals surface area (Å²) in [5.74, 6) is 0.407. The first-order valence-corrected chi connectivity index (χ1v) is 11.4. The molecule has 4 rings (SSSR count). The first kappa shape index (κ1) is 21.2. The Labute approximate surface area is 178 Å². The highest BCUT2D eigenvalue weighted by Gasteiger charge is 2.40. The number of rotatable bonds is 5. The number of para-hydroxylation sites is 1. The monoisotopic (exact) mass is 500 g/mol. The van der Waals surface area contributed by atoms with E-state index in [1.165, 1.54) is 21.8 Å². The summed E-state index contributed by atoms with van der Waals surface area (Å²) in [6, 6.07) is 6.99. The molecule has 1 aromatic heterocycles. The fourth-order valence-electron chi connectivity index (χ4n) is 3.17. The normalized spacial score (nSPS) is 28.4. The number of nitrogens with one attached hydrogen (secondary N) is 1. The highest BCUT2D eigenvalue weighted by atomic mass is 79.9. The van der Waals surface area contributed by atoms with Crippen LogP contribution in [-0.4, -0.2) is 33.5 Å². The van der Waals surface area contributed by atoms with Gasteiger partial charge in [0, 0.05) is 18.2 Å². The summed E-state index contributed by atoms with van der Waals surface area (Å²) in [6.45, 7) is -0.204. The Morgan fingerprint density at radius 3 is 2.97 bits per heavy atom. The van der Waals surface area contributed by atoms with Gasteiger partial charge in [-0.2, -0.15) is 0 Å². The SMILES string of the molecule is O=c1[nH]c(=O)n([C@H]2C[C@H](O)[C@@H](COP3(=O)OCc4ccccc4O3)O2)cc1/C=C/Br. The number of aliphatic hydroxyl groups is 1.